The third-order valence-corrected chi connectivity index (χ3v) is 7.13. The molecule has 6 nitrogen and oxygen atoms in total. The minimum Gasteiger partial charge on any atom is -0.379 e. The van der Waals surface area contributed by atoms with Crippen LogP contribution in [0.5, 0.6) is 0 Å². The van der Waals surface area contributed by atoms with Crippen LogP contribution in [-0.4, -0.2) is 51.4 Å². The van der Waals surface area contributed by atoms with Gasteiger partial charge in [0.2, 0.25) is 0 Å². The van der Waals surface area contributed by atoms with Crippen LogP contribution in [0.25, 0.3) is 6.08 Å². The summed E-state index contributed by atoms with van der Waals surface area (Å²) in [5.74, 6) is 0.697. The van der Waals surface area contributed by atoms with Gasteiger partial charge in [0.1, 0.15) is 0 Å². The van der Waals surface area contributed by atoms with Crippen LogP contribution in [0.4, 0.5) is 0 Å². The van der Waals surface area contributed by atoms with Gasteiger partial charge in [0.25, 0.3) is 0 Å². The number of morpholine rings is 1. The summed E-state index contributed by atoms with van der Waals surface area (Å²) in [5, 5.41) is 15.4. The van der Waals surface area contributed by atoms with E-state index in [0.29, 0.717) is 39.1 Å². The SMILES string of the molecule is CC(C)(C)C(/C=C/c1ccc(Cl)cc1Cl)n1nnnc1C(c1ccc(Cl)cc1Cl)N1CCOCC1. The Kier molecular flexibility index (Phi) is 8.41. The highest BCUT2D eigenvalue weighted by Crippen LogP contribution is 2.38. The fourth-order valence-corrected chi connectivity index (χ4v) is 5.19. The lowest BCUT2D eigenvalue weighted by Crippen LogP contribution is -2.41. The molecule has 1 fully saturated rings. The maximum absolute atomic E-state index is 6.69. The Balaban J connectivity index is 1.79. The molecule has 1 aliphatic rings. The van der Waals surface area contributed by atoms with Crippen LogP contribution in [0.3, 0.4) is 0 Å². The van der Waals surface area contributed by atoms with E-state index >= 15 is 0 Å². The van der Waals surface area contributed by atoms with Crippen molar-refractivity contribution in [2.24, 2.45) is 5.41 Å². The summed E-state index contributed by atoms with van der Waals surface area (Å²) >= 11 is 25.4. The maximum Gasteiger partial charge on any atom is 0.173 e. The first-order valence-electron chi connectivity index (χ1n) is 11.3. The molecule has 3 aromatic rings. The summed E-state index contributed by atoms with van der Waals surface area (Å²) in [6, 6.07) is 10.5. The van der Waals surface area contributed by atoms with Crippen molar-refractivity contribution in [3.05, 3.63) is 79.5 Å². The minimum atomic E-state index is -0.268. The Morgan fingerprint density at radius 2 is 1.60 bits per heavy atom. The quantitative estimate of drug-likeness (QED) is 0.328. The Morgan fingerprint density at radius 3 is 2.23 bits per heavy atom. The molecule has 186 valence electrons. The lowest BCUT2D eigenvalue weighted by Gasteiger charge is -2.36. The average molecular weight is 555 g/mol. The molecule has 2 heterocycles. The van der Waals surface area contributed by atoms with Gasteiger partial charge in [-0.1, -0.05) is 91.5 Å². The van der Waals surface area contributed by atoms with Gasteiger partial charge in [-0.05, 0) is 51.2 Å². The van der Waals surface area contributed by atoms with Crippen molar-refractivity contribution in [2.45, 2.75) is 32.9 Å². The van der Waals surface area contributed by atoms with Gasteiger partial charge in [0.15, 0.2) is 5.82 Å². The molecule has 2 atom stereocenters. The molecule has 1 aliphatic heterocycles. The molecule has 0 aliphatic carbocycles. The molecule has 2 aromatic carbocycles. The van der Waals surface area contributed by atoms with Crippen LogP contribution < -0.4 is 0 Å². The van der Waals surface area contributed by atoms with Crippen LogP contribution in [0.1, 0.15) is 49.8 Å². The molecule has 10 heteroatoms. The smallest absolute Gasteiger partial charge is 0.173 e. The van der Waals surface area contributed by atoms with Gasteiger partial charge in [0, 0.05) is 33.2 Å². The zero-order valence-corrected chi connectivity index (χ0v) is 22.8. The molecule has 0 radical (unpaired) electrons. The van der Waals surface area contributed by atoms with E-state index in [1.54, 1.807) is 12.1 Å². The number of nitrogens with zero attached hydrogens (tertiary/aromatic N) is 5. The monoisotopic (exact) mass is 553 g/mol. The highest BCUT2D eigenvalue weighted by atomic mass is 35.5. The second kappa shape index (κ2) is 11.2. The van der Waals surface area contributed by atoms with Crippen molar-refractivity contribution in [1.82, 2.24) is 25.1 Å². The van der Waals surface area contributed by atoms with Gasteiger partial charge >= 0.3 is 0 Å². The molecule has 0 N–H and O–H groups in total. The number of hydrogen-bond donors (Lipinski definition) is 0. The zero-order chi connectivity index (χ0) is 25.2. The van der Waals surface area contributed by atoms with Crippen LogP contribution >= 0.6 is 46.4 Å². The van der Waals surface area contributed by atoms with Crippen LogP contribution in [0, 0.1) is 5.41 Å². The lowest BCUT2D eigenvalue weighted by molar-refractivity contribution is 0.0210. The molecule has 35 heavy (non-hydrogen) atoms. The largest absolute Gasteiger partial charge is 0.379 e. The van der Waals surface area contributed by atoms with Crippen LogP contribution in [0.15, 0.2) is 42.5 Å². The molecular weight excluding hydrogens is 528 g/mol. The zero-order valence-electron chi connectivity index (χ0n) is 19.8. The van der Waals surface area contributed by atoms with E-state index in [2.05, 4.69) is 47.3 Å². The standard InChI is InChI=1S/C25H27Cl4N5O/c1-25(2,3)22(9-5-16-4-6-17(26)14-20(16)28)34-24(30-31-32-34)23(33-10-12-35-13-11-33)19-8-7-18(27)15-21(19)29/h4-9,14-15,22-23H,10-13H2,1-3H3/b9-5+. The summed E-state index contributed by atoms with van der Waals surface area (Å²) in [7, 11) is 0. The van der Waals surface area contributed by atoms with Crippen molar-refractivity contribution in [3.8, 4) is 0 Å². The van der Waals surface area contributed by atoms with Crippen molar-refractivity contribution in [3.63, 3.8) is 0 Å². The number of rotatable bonds is 6. The third kappa shape index (κ3) is 6.19. The van der Waals surface area contributed by atoms with Gasteiger partial charge in [-0.25, -0.2) is 4.68 Å². The summed E-state index contributed by atoms with van der Waals surface area (Å²) < 4.78 is 7.48. The van der Waals surface area contributed by atoms with Crippen molar-refractivity contribution in [1.29, 1.82) is 0 Å². The van der Waals surface area contributed by atoms with E-state index in [-0.39, 0.29) is 17.5 Å². The highest BCUT2D eigenvalue weighted by molar-refractivity contribution is 6.35. The molecule has 2 unspecified atom stereocenters. The van der Waals surface area contributed by atoms with E-state index in [9.17, 15) is 0 Å². The van der Waals surface area contributed by atoms with E-state index < -0.39 is 0 Å². The molecule has 1 aromatic heterocycles. The van der Waals surface area contributed by atoms with Gasteiger partial charge in [0.05, 0.1) is 25.3 Å². The van der Waals surface area contributed by atoms with Crippen molar-refractivity contribution >= 4 is 52.5 Å². The number of benzene rings is 2. The van der Waals surface area contributed by atoms with Gasteiger partial charge in [-0.15, -0.1) is 5.10 Å². The normalized spacial score (nSPS) is 17.1. The number of hydrogen-bond acceptors (Lipinski definition) is 5. The first-order valence-corrected chi connectivity index (χ1v) is 12.8. The first-order chi connectivity index (χ1) is 16.6. The highest BCUT2D eigenvalue weighted by Gasteiger charge is 2.35. The van der Waals surface area contributed by atoms with E-state index in [1.807, 2.05) is 35.0 Å². The van der Waals surface area contributed by atoms with Crippen LogP contribution in [0.2, 0.25) is 20.1 Å². The number of allylic oxidation sites excluding steroid dienone is 1. The fourth-order valence-electron chi connectivity index (χ4n) is 4.21. The van der Waals surface area contributed by atoms with Gasteiger partial charge < -0.3 is 4.74 Å². The molecule has 0 spiro atoms. The average Bonchev–Trinajstić information content (AvgIpc) is 3.25. The number of ether oxygens (including phenoxy) is 1. The Bertz CT molecular complexity index is 1200. The molecule has 0 bridgehead atoms. The van der Waals surface area contributed by atoms with E-state index in [1.165, 1.54) is 0 Å². The lowest BCUT2D eigenvalue weighted by atomic mass is 9.86. The third-order valence-electron chi connectivity index (χ3n) is 6.00. The summed E-state index contributed by atoms with van der Waals surface area (Å²) in [5.41, 5.74) is 1.55. The number of aromatic nitrogens is 4. The van der Waals surface area contributed by atoms with E-state index in [0.717, 1.165) is 24.2 Å². The number of halogens is 4. The molecular formula is C25H27Cl4N5O. The maximum atomic E-state index is 6.69. The van der Waals surface area contributed by atoms with Gasteiger partial charge in [-0.3, -0.25) is 4.90 Å². The van der Waals surface area contributed by atoms with E-state index in [4.69, 9.17) is 51.1 Å². The first kappa shape index (κ1) is 26.4. The van der Waals surface area contributed by atoms with Crippen molar-refractivity contribution < 1.29 is 4.74 Å². The minimum absolute atomic E-state index is 0.172. The van der Waals surface area contributed by atoms with Crippen molar-refractivity contribution in [2.75, 3.05) is 26.3 Å². The predicted molar refractivity (Wildman–Crippen MR) is 143 cm³/mol. The molecule has 1 saturated heterocycles. The number of tetrazole rings is 1. The molecule has 0 saturated carbocycles. The summed E-state index contributed by atoms with van der Waals surface area (Å²) in [6.07, 6.45) is 4.06. The van der Waals surface area contributed by atoms with Gasteiger partial charge in [-0.2, -0.15) is 0 Å². The summed E-state index contributed by atoms with van der Waals surface area (Å²) in [4.78, 5) is 2.29. The predicted octanol–water partition coefficient (Wildman–Crippen LogP) is 7.01. The molecule has 4 rings (SSSR count). The fraction of sp³-hybridized carbons (Fsp3) is 0.400. The Morgan fingerprint density at radius 1 is 0.943 bits per heavy atom. The van der Waals surface area contributed by atoms with Crippen LogP contribution in [-0.2, 0) is 4.74 Å². The molecule has 0 amide bonds. The summed E-state index contributed by atoms with van der Waals surface area (Å²) in [6.45, 7) is 9.16. The second-order valence-corrected chi connectivity index (χ2v) is 11.2. The second-order valence-electron chi connectivity index (χ2n) is 9.53. The Labute approximate surface area is 225 Å². The topological polar surface area (TPSA) is 56.1 Å². The Hall–Kier alpha value is -1.67.